The van der Waals surface area contributed by atoms with Gasteiger partial charge in [-0.2, -0.15) is 13.2 Å². The van der Waals surface area contributed by atoms with Crippen molar-refractivity contribution in [2.75, 3.05) is 14.2 Å². The molecule has 2 atom stereocenters. The van der Waals surface area contributed by atoms with E-state index in [0.29, 0.717) is 12.8 Å². The summed E-state index contributed by atoms with van der Waals surface area (Å²) in [6.45, 7) is 1.86. The number of rotatable bonds is 9. The predicted molar refractivity (Wildman–Crippen MR) is 101 cm³/mol. The third-order valence-electron chi connectivity index (χ3n) is 4.56. The number of hydrogen-bond acceptors (Lipinski definition) is 6. The molecule has 0 aliphatic carbocycles. The average molecular weight is 428 g/mol. The summed E-state index contributed by atoms with van der Waals surface area (Å²) in [5, 5.41) is 0. The number of ether oxygens (including phenoxy) is 3. The van der Waals surface area contributed by atoms with Gasteiger partial charge in [0.15, 0.2) is 11.9 Å². The minimum atomic E-state index is -5.11. The van der Waals surface area contributed by atoms with Gasteiger partial charge in [0.25, 0.3) is 5.60 Å². The lowest BCUT2D eigenvalue weighted by atomic mass is 9.92. The SMILES string of the molecule is CCCC[C@@H](OC(=O)[C@](OC)(c1ccccc1)C(F)(F)F)c1cc(OC)cc(=O)o1. The van der Waals surface area contributed by atoms with Crippen molar-refractivity contribution < 1.29 is 36.6 Å². The molecule has 2 aromatic rings. The van der Waals surface area contributed by atoms with Crippen LogP contribution in [0.4, 0.5) is 13.2 Å². The third kappa shape index (κ3) is 4.84. The van der Waals surface area contributed by atoms with E-state index in [4.69, 9.17) is 18.6 Å². The molecule has 1 heterocycles. The smallest absolute Gasteiger partial charge is 0.432 e. The zero-order chi connectivity index (χ0) is 22.4. The molecule has 30 heavy (non-hydrogen) atoms. The first-order valence-corrected chi connectivity index (χ1v) is 9.27. The van der Waals surface area contributed by atoms with Crippen LogP contribution in [-0.2, 0) is 19.9 Å². The molecule has 2 rings (SSSR count). The summed E-state index contributed by atoms with van der Waals surface area (Å²) < 4.78 is 62.3. The van der Waals surface area contributed by atoms with Crippen molar-refractivity contribution in [2.45, 2.75) is 44.1 Å². The van der Waals surface area contributed by atoms with Crippen LogP contribution < -0.4 is 10.4 Å². The van der Waals surface area contributed by atoms with Gasteiger partial charge in [0, 0.05) is 18.7 Å². The highest BCUT2D eigenvalue weighted by atomic mass is 19.4. The molecule has 1 aromatic heterocycles. The van der Waals surface area contributed by atoms with Gasteiger partial charge in [0.05, 0.1) is 13.2 Å². The summed E-state index contributed by atoms with van der Waals surface area (Å²) in [6, 6.07) is 8.87. The van der Waals surface area contributed by atoms with Gasteiger partial charge in [0.1, 0.15) is 5.75 Å². The lowest BCUT2D eigenvalue weighted by Crippen LogP contribution is -2.52. The molecule has 0 N–H and O–H groups in total. The maximum Gasteiger partial charge on any atom is 0.432 e. The van der Waals surface area contributed by atoms with Crippen molar-refractivity contribution in [1.82, 2.24) is 0 Å². The lowest BCUT2D eigenvalue weighted by molar-refractivity contribution is -0.278. The summed E-state index contributed by atoms with van der Waals surface area (Å²) in [5.74, 6) is -1.63. The minimum absolute atomic E-state index is 0.110. The number of unbranched alkanes of at least 4 members (excludes halogenated alkanes) is 1. The van der Waals surface area contributed by atoms with E-state index >= 15 is 0 Å². The van der Waals surface area contributed by atoms with E-state index in [-0.39, 0.29) is 17.9 Å². The molecule has 0 unspecified atom stereocenters. The summed E-state index contributed by atoms with van der Waals surface area (Å²) >= 11 is 0. The van der Waals surface area contributed by atoms with Crippen molar-refractivity contribution >= 4 is 5.97 Å². The summed E-state index contributed by atoms with van der Waals surface area (Å²) in [7, 11) is 2.11. The fraction of sp³-hybridized carbons (Fsp3) is 0.429. The van der Waals surface area contributed by atoms with Crippen LogP contribution in [0.2, 0.25) is 0 Å². The monoisotopic (exact) mass is 428 g/mol. The summed E-state index contributed by atoms with van der Waals surface area (Å²) in [4.78, 5) is 24.7. The van der Waals surface area contributed by atoms with Crippen molar-refractivity contribution in [1.29, 1.82) is 0 Å². The van der Waals surface area contributed by atoms with E-state index in [0.717, 1.165) is 25.3 Å². The minimum Gasteiger partial charge on any atom is -0.496 e. The summed E-state index contributed by atoms with van der Waals surface area (Å²) in [5.41, 5.74) is -4.54. The summed E-state index contributed by atoms with van der Waals surface area (Å²) in [6.07, 6.45) is -5.01. The molecular weight excluding hydrogens is 405 g/mol. The Morgan fingerprint density at radius 2 is 1.80 bits per heavy atom. The van der Waals surface area contributed by atoms with Gasteiger partial charge in [0.2, 0.25) is 0 Å². The number of methoxy groups -OCH3 is 2. The van der Waals surface area contributed by atoms with Crippen molar-refractivity contribution in [3.05, 3.63) is 64.2 Å². The molecule has 0 fully saturated rings. The third-order valence-corrected chi connectivity index (χ3v) is 4.56. The molecule has 0 saturated carbocycles. The highest BCUT2D eigenvalue weighted by Crippen LogP contribution is 2.44. The van der Waals surface area contributed by atoms with Crippen molar-refractivity contribution in [3.63, 3.8) is 0 Å². The van der Waals surface area contributed by atoms with Gasteiger partial charge < -0.3 is 18.6 Å². The van der Waals surface area contributed by atoms with E-state index in [1.54, 1.807) is 0 Å². The molecule has 0 bridgehead atoms. The first-order chi connectivity index (χ1) is 14.2. The Kier molecular flexibility index (Phi) is 7.66. The largest absolute Gasteiger partial charge is 0.496 e. The van der Waals surface area contributed by atoms with Gasteiger partial charge >= 0.3 is 17.8 Å². The maximum absolute atomic E-state index is 14.1. The molecule has 0 radical (unpaired) electrons. The Morgan fingerprint density at radius 1 is 1.13 bits per heavy atom. The van der Waals surface area contributed by atoms with Crippen LogP contribution in [-0.4, -0.2) is 26.4 Å². The second kappa shape index (κ2) is 9.80. The van der Waals surface area contributed by atoms with Gasteiger partial charge in [-0.25, -0.2) is 9.59 Å². The second-order valence-corrected chi connectivity index (χ2v) is 6.50. The Labute approximate surface area is 171 Å². The van der Waals surface area contributed by atoms with Crippen LogP contribution in [0.3, 0.4) is 0 Å². The number of carbonyl (C=O) groups is 1. The Balaban J connectivity index is 2.50. The van der Waals surface area contributed by atoms with E-state index in [2.05, 4.69) is 0 Å². The van der Waals surface area contributed by atoms with Crippen LogP contribution in [0.1, 0.15) is 43.6 Å². The topological polar surface area (TPSA) is 75.0 Å². The van der Waals surface area contributed by atoms with Crippen LogP contribution in [0, 0.1) is 0 Å². The highest BCUT2D eigenvalue weighted by molar-refractivity contribution is 5.83. The fourth-order valence-electron chi connectivity index (χ4n) is 3.00. The van der Waals surface area contributed by atoms with Crippen LogP contribution in [0.5, 0.6) is 5.75 Å². The van der Waals surface area contributed by atoms with E-state index < -0.39 is 35.0 Å². The highest BCUT2D eigenvalue weighted by Gasteiger charge is 2.64. The normalized spacial score (nSPS) is 14.6. The van der Waals surface area contributed by atoms with Gasteiger partial charge in [-0.3, -0.25) is 0 Å². The second-order valence-electron chi connectivity index (χ2n) is 6.50. The molecule has 1 aromatic carbocycles. The molecule has 164 valence electrons. The molecule has 9 heteroatoms. The number of halogens is 3. The number of alkyl halides is 3. The van der Waals surface area contributed by atoms with Crippen LogP contribution in [0.25, 0.3) is 0 Å². The van der Waals surface area contributed by atoms with E-state index in [9.17, 15) is 22.8 Å². The zero-order valence-corrected chi connectivity index (χ0v) is 16.8. The first kappa shape index (κ1) is 23.5. The standard InChI is InChI=1S/C21H23F3O6/c1-4-5-11-16(17-12-15(27-2)13-18(25)29-17)30-19(26)20(28-3,21(22,23)24)14-9-7-6-8-10-14/h6-10,12-13,16H,4-5,11H2,1-3H3/t16-,20-/m1/s1. The molecular formula is C21H23F3O6. The Bertz CT molecular complexity index is 894. The van der Waals surface area contributed by atoms with Crippen LogP contribution in [0.15, 0.2) is 51.7 Å². The predicted octanol–water partition coefficient (Wildman–Crippen LogP) is 4.53. The Morgan fingerprint density at radius 3 is 2.33 bits per heavy atom. The number of hydrogen-bond donors (Lipinski definition) is 0. The average Bonchev–Trinajstić information content (AvgIpc) is 2.71. The number of carbonyl (C=O) groups excluding carboxylic acids is 1. The zero-order valence-electron chi connectivity index (χ0n) is 16.8. The Hall–Kier alpha value is -2.81. The number of esters is 1. The van der Waals surface area contributed by atoms with Crippen LogP contribution >= 0.6 is 0 Å². The van der Waals surface area contributed by atoms with Crippen molar-refractivity contribution in [2.24, 2.45) is 0 Å². The molecule has 0 spiro atoms. The van der Waals surface area contributed by atoms with E-state index in [1.165, 1.54) is 31.4 Å². The first-order valence-electron chi connectivity index (χ1n) is 9.27. The maximum atomic E-state index is 14.1. The lowest BCUT2D eigenvalue weighted by Gasteiger charge is -2.33. The van der Waals surface area contributed by atoms with Crippen molar-refractivity contribution in [3.8, 4) is 5.75 Å². The van der Waals surface area contributed by atoms with Gasteiger partial charge in [-0.1, -0.05) is 43.7 Å². The van der Waals surface area contributed by atoms with E-state index in [1.807, 2.05) is 6.92 Å². The van der Waals surface area contributed by atoms with Gasteiger partial charge in [-0.15, -0.1) is 0 Å². The molecule has 0 aliphatic heterocycles. The van der Waals surface area contributed by atoms with Gasteiger partial charge in [-0.05, 0) is 12.8 Å². The fourth-order valence-corrected chi connectivity index (χ4v) is 3.00. The molecule has 0 saturated heterocycles. The molecule has 0 amide bonds. The molecule has 0 aliphatic rings. The number of benzene rings is 1. The quantitative estimate of drug-likeness (QED) is 0.547. The molecule has 6 nitrogen and oxygen atoms in total.